The van der Waals surface area contributed by atoms with Crippen molar-refractivity contribution in [3.63, 3.8) is 0 Å². The number of halogens is 5. The van der Waals surface area contributed by atoms with E-state index >= 15 is 4.39 Å². The molecule has 1 fully saturated rings. The number of hydrogen-bond donors (Lipinski definition) is 2. The predicted molar refractivity (Wildman–Crippen MR) is 132 cm³/mol. The molecule has 2 atom stereocenters. The molecule has 3 N–H and O–H groups in total. The molecule has 10 nitrogen and oxygen atoms in total. The molecule has 0 radical (unpaired) electrons. The quantitative estimate of drug-likeness (QED) is 0.344. The van der Waals surface area contributed by atoms with E-state index in [0.717, 1.165) is 23.4 Å². The van der Waals surface area contributed by atoms with Crippen LogP contribution in [-0.4, -0.2) is 59.5 Å². The van der Waals surface area contributed by atoms with Gasteiger partial charge in [-0.15, -0.1) is 0 Å². The van der Waals surface area contributed by atoms with Crippen LogP contribution in [0.2, 0.25) is 0 Å². The zero-order valence-corrected chi connectivity index (χ0v) is 21.2. The van der Waals surface area contributed by atoms with Gasteiger partial charge in [-0.05, 0) is 41.1 Å². The van der Waals surface area contributed by atoms with Crippen molar-refractivity contribution in [1.82, 2.24) is 29.4 Å². The average molecular weight is 595 g/mol. The minimum atomic E-state index is -4.61. The highest BCUT2D eigenvalue weighted by molar-refractivity contribution is 9.10. The van der Waals surface area contributed by atoms with Crippen LogP contribution in [0.25, 0.3) is 21.9 Å². The van der Waals surface area contributed by atoms with Gasteiger partial charge in [0.1, 0.15) is 40.7 Å². The molecule has 4 aromatic rings. The van der Waals surface area contributed by atoms with Gasteiger partial charge in [0, 0.05) is 11.8 Å². The molecule has 0 bridgehead atoms. The molecule has 0 saturated carbocycles. The first-order valence-electron chi connectivity index (χ1n) is 11.2. The highest BCUT2D eigenvalue weighted by Crippen LogP contribution is 2.37. The van der Waals surface area contributed by atoms with Crippen molar-refractivity contribution < 1.29 is 27.2 Å². The molecule has 198 valence electrons. The normalized spacial score (nSPS) is 19.8. The number of fused-ring (bicyclic) bond motifs is 3. The Morgan fingerprint density at radius 1 is 1.26 bits per heavy atom. The zero-order chi connectivity index (χ0) is 27.4. The van der Waals surface area contributed by atoms with Crippen LogP contribution in [0.4, 0.5) is 29.2 Å². The number of carbonyl (C=O) groups is 2. The zero-order valence-electron chi connectivity index (χ0n) is 19.6. The fourth-order valence-electron chi connectivity index (χ4n) is 4.65. The van der Waals surface area contributed by atoms with Crippen LogP contribution < -0.4 is 11.1 Å². The van der Waals surface area contributed by atoms with Crippen LogP contribution in [-0.2, 0) is 22.3 Å². The molecule has 4 heterocycles. The Morgan fingerprint density at radius 3 is 2.74 bits per heavy atom. The van der Waals surface area contributed by atoms with E-state index in [0.29, 0.717) is 4.60 Å². The Balaban J connectivity index is 1.50. The number of benzene rings is 1. The number of anilines is 2. The smallest absolute Gasteiger partial charge is 0.383 e. The summed E-state index contributed by atoms with van der Waals surface area (Å²) in [6, 6.07) is 1.85. The molecule has 3 aromatic heterocycles. The van der Waals surface area contributed by atoms with Crippen molar-refractivity contribution in [3.8, 4) is 0 Å². The van der Waals surface area contributed by atoms with Crippen molar-refractivity contribution in [2.45, 2.75) is 37.8 Å². The summed E-state index contributed by atoms with van der Waals surface area (Å²) in [5.74, 6) is -1.24. The second-order valence-corrected chi connectivity index (χ2v) is 9.96. The van der Waals surface area contributed by atoms with E-state index in [4.69, 9.17) is 5.73 Å². The standard InChI is InChI=1S/C23H19BrF4N8O2/c1-22(25)5-14(21(38)34-16-7-30-6-15(24)33-16)36(9-22)17(37)8-35-13-3-2-11(23(26,27)28)4-12(13)18-19(29)31-10-32-20(18)35/h2-4,6-7,10,14H,5,8-9H2,1H3,(H2,29,31,32)(H,33,34,38)/t14-,22+/m0/s1. The van der Waals surface area contributed by atoms with E-state index in [1.165, 1.54) is 30.0 Å². The number of rotatable bonds is 4. The highest BCUT2D eigenvalue weighted by Gasteiger charge is 2.46. The number of nitrogens with one attached hydrogen (secondary N) is 1. The predicted octanol–water partition coefficient (Wildman–Crippen LogP) is 3.71. The largest absolute Gasteiger partial charge is 0.416 e. The molecule has 0 unspecified atom stereocenters. The van der Waals surface area contributed by atoms with Gasteiger partial charge in [-0.1, -0.05) is 0 Å². The first-order valence-corrected chi connectivity index (χ1v) is 12.0. The molecular weight excluding hydrogens is 576 g/mol. The maximum atomic E-state index is 15.1. The number of amides is 2. The van der Waals surface area contributed by atoms with Gasteiger partial charge in [0.25, 0.3) is 0 Å². The fraction of sp³-hybridized carbons (Fsp3) is 0.304. The molecule has 1 aromatic carbocycles. The van der Waals surface area contributed by atoms with Crippen LogP contribution in [0.15, 0.2) is 41.5 Å². The number of nitrogens with zero attached hydrogens (tertiary/aromatic N) is 6. The molecule has 1 aliphatic heterocycles. The van der Waals surface area contributed by atoms with Gasteiger partial charge in [-0.25, -0.2) is 19.3 Å². The van der Waals surface area contributed by atoms with E-state index in [-0.39, 0.29) is 46.5 Å². The Hall–Kier alpha value is -3.88. The number of nitrogen functional groups attached to an aromatic ring is 1. The summed E-state index contributed by atoms with van der Waals surface area (Å²) < 4.78 is 57.0. The first-order chi connectivity index (χ1) is 17.8. The third kappa shape index (κ3) is 4.73. The van der Waals surface area contributed by atoms with E-state index in [1.807, 2.05) is 0 Å². The Kier molecular flexibility index (Phi) is 6.20. The number of carbonyl (C=O) groups excluding carboxylic acids is 2. The summed E-state index contributed by atoms with van der Waals surface area (Å²) in [5.41, 5.74) is 3.60. The Morgan fingerprint density at radius 2 is 2.03 bits per heavy atom. The molecule has 1 aliphatic rings. The molecule has 38 heavy (non-hydrogen) atoms. The van der Waals surface area contributed by atoms with E-state index < -0.39 is 41.8 Å². The van der Waals surface area contributed by atoms with Gasteiger partial charge < -0.3 is 20.5 Å². The molecule has 0 spiro atoms. The second kappa shape index (κ2) is 9.15. The third-order valence-corrected chi connectivity index (χ3v) is 6.65. The van der Waals surface area contributed by atoms with Crippen LogP contribution in [0.3, 0.4) is 0 Å². The SMILES string of the molecule is C[C@@]1(F)C[C@@H](C(=O)Nc2cncc(Br)n2)N(C(=O)Cn2c3ccc(C(F)(F)F)cc3c3c(N)ncnc32)C1. The van der Waals surface area contributed by atoms with E-state index in [1.54, 1.807) is 0 Å². The summed E-state index contributed by atoms with van der Waals surface area (Å²) in [4.78, 5) is 43.6. The number of alkyl halides is 4. The fourth-order valence-corrected chi connectivity index (χ4v) is 4.96. The molecular formula is C23H19BrF4N8O2. The monoisotopic (exact) mass is 594 g/mol. The summed E-state index contributed by atoms with van der Waals surface area (Å²) >= 11 is 3.15. The van der Waals surface area contributed by atoms with E-state index in [2.05, 4.69) is 41.2 Å². The molecule has 15 heteroatoms. The van der Waals surface area contributed by atoms with Crippen molar-refractivity contribution >= 4 is 61.3 Å². The third-order valence-electron chi connectivity index (χ3n) is 6.26. The molecule has 5 rings (SSSR count). The lowest BCUT2D eigenvalue weighted by molar-refractivity contribution is -0.137. The molecule has 1 saturated heterocycles. The van der Waals surface area contributed by atoms with Crippen LogP contribution in [0.1, 0.15) is 18.9 Å². The van der Waals surface area contributed by atoms with Gasteiger partial charge in [-0.3, -0.25) is 14.6 Å². The lowest BCUT2D eigenvalue weighted by atomic mass is 10.0. The van der Waals surface area contributed by atoms with Gasteiger partial charge >= 0.3 is 6.18 Å². The number of hydrogen-bond acceptors (Lipinski definition) is 7. The number of nitrogens with two attached hydrogens (primary N) is 1. The van der Waals surface area contributed by atoms with Crippen molar-refractivity contribution in [2.75, 3.05) is 17.6 Å². The van der Waals surface area contributed by atoms with E-state index in [9.17, 15) is 22.8 Å². The summed E-state index contributed by atoms with van der Waals surface area (Å²) in [5, 5.41) is 2.80. The maximum Gasteiger partial charge on any atom is 0.416 e. The van der Waals surface area contributed by atoms with Crippen LogP contribution in [0, 0.1) is 0 Å². The van der Waals surface area contributed by atoms with Crippen LogP contribution in [0.5, 0.6) is 0 Å². The van der Waals surface area contributed by atoms with Crippen molar-refractivity contribution in [2.24, 2.45) is 0 Å². The lowest BCUT2D eigenvalue weighted by Crippen LogP contribution is -2.44. The van der Waals surface area contributed by atoms with Crippen molar-refractivity contribution in [1.29, 1.82) is 0 Å². The topological polar surface area (TPSA) is 132 Å². The average Bonchev–Trinajstić information content (AvgIpc) is 3.33. The van der Waals surface area contributed by atoms with Crippen molar-refractivity contribution in [3.05, 3.63) is 47.1 Å². The molecule has 0 aliphatic carbocycles. The van der Waals surface area contributed by atoms with Gasteiger partial charge in [0.05, 0.1) is 35.4 Å². The summed E-state index contributed by atoms with van der Waals surface area (Å²) in [6.45, 7) is 0.492. The minimum Gasteiger partial charge on any atom is -0.383 e. The molecule has 2 amide bonds. The van der Waals surface area contributed by atoms with Gasteiger partial charge in [-0.2, -0.15) is 13.2 Å². The van der Waals surface area contributed by atoms with Gasteiger partial charge in [0.15, 0.2) is 5.82 Å². The minimum absolute atomic E-state index is 0.0598. The van der Waals surface area contributed by atoms with Crippen LogP contribution >= 0.6 is 15.9 Å². The number of likely N-dealkylation sites (tertiary alicyclic amines) is 1. The Bertz CT molecular complexity index is 1590. The lowest BCUT2D eigenvalue weighted by Gasteiger charge is -2.24. The summed E-state index contributed by atoms with van der Waals surface area (Å²) in [6.07, 6.45) is -1.02. The second-order valence-electron chi connectivity index (χ2n) is 9.14. The van der Waals surface area contributed by atoms with Gasteiger partial charge in [0.2, 0.25) is 11.8 Å². The summed E-state index contributed by atoms with van der Waals surface area (Å²) in [7, 11) is 0. The first kappa shape index (κ1) is 25.8. The Labute approximate surface area is 220 Å². The maximum absolute atomic E-state index is 15.1. The highest BCUT2D eigenvalue weighted by atomic mass is 79.9. The number of aromatic nitrogens is 5.